The van der Waals surface area contributed by atoms with Crippen LogP contribution in [0.2, 0.25) is 0 Å². The summed E-state index contributed by atoms with van der Waals surface area (Å²) < 4.78 is 0. The Labute approximate surface area is 102 Å². The number of carboxylic acid groups (broad SMARTS) is 1. The topological polar surface area (TPSA) is 102 Å². The van der Waals surface area contributed by atoms with Crippen molar-refractivity contribution in [2.24, 2.45) is 0 Å². The van der Waals surface area contributed by atoms with Crippen LogP contribution in [0.3, 0.4) is 0 Å². The van der Waals surface area contributed by atoms with Crippen molar-refractivity contribution in [2.75, 3.05) is 6.61 Å². The summed E-state index contributed by atoms with van der Waals surface area (Å²) in [6.45, 7) is -0.651. The Hall–Kier alpha value is -2.34. The van der Waals surface area contributed by atoms with Gasteiger partial charge in [0.25, 0.3) is 5.91 Å². The summed E-state index contributed by atoms with van der Waals surface area (Å²) in [5.74, 6) is -1.84. The quantitative estimate of drug-likeness (QED) is 0.626. The maximum absolute atomic E-state index is 11.8. The predicted molar refractivity (Wildman–Crippen MR) is 64.3 cm³/mol. The largest absolute Gasteiger partial charge is 0.480 e. The molecule has 0 saturated carbocycles. The normalized spacial score (nSPS) is 12.3. The van der Waals surface area contributed by atoms with E-state index < -0.39 is 24.5 Å². The second-order valence-electron chi connectivity index (χ2n) is 3.82. The van der Waals surface area contributed by atoms with Crippen molar-refractivity contribution in [1.29, 1.82) is 0 Å². The van der Waals surface area contributed by atoms with E-state index in [0.717, 1.165) is 10.9 Å². The van der Waals surface area contributed by atoms with Crippen molar-refractivity contribution < 1.29 is 19.8 Å². The number of nitrogens with one attached hydrogen (secondary N) is 2. The molecule has 0 spiro atoms. The molecule has 18 heavy (non-hydrogen) atoms. The monoisotopic (exact) mass is 248 g/mol. The highest BCUT2D eigenvalue weighted by Crippen LogP contribution is 2.14. The number of fused-ring (bicyclic) bond motifs is 1. The van der Waals surface area contributed by atoms with Crippen molar-refractivity contribution in [3.05, 3.63) is 36.0 Å². The molecule has 2 aromatic rings. The maximum Gasteiger partial charge on any atom is 0.328 e. The molecule has 0 fully saturated rings. The Bertz CT molecular complexity index is 558. The van der Waals surface area contributed by atoms with Crippen LogP contribution in [0.15, 0.2) is 30.3 Å². The number of rotatable bonds is 4. The van der Waals surface area contributed by atoms with Gasteiger partial charge in [-0.1, -0.05) is 18.2 Å². The first kappa shape index (κ1) is 12.1. The summed E-state index contributed by atoms with van der Waals surface area (Å²) in [6, 6.07) is 7.64. The van der Waals surface area contributed by atoms with Gasteiger partial charge in [0.2, 0.25) is 0 Å². The minimum Gasteiger partial charge on any atom is -0.480 e. The zero-order valence-electron chi connectivity index (χ0n) is 9.38. The lowest BCUT2D eigenvalue weighted by molar-refractivity contribution is -0.140. The van der Waals surface area contributed by atoms with Crippen LogP contribution in [0, 0.1) is 0 Å². The van der Waals surface area contributed by atoms with Gasteiger partial charge in [-0.3, -0.25) is 4.79 Å². The lowest BCUT2D eigenvalue weighted by Gasteiger charge is -2.10. The van der Waals surface area contributed by atoms with E-state index in [1.165, 1.54) is 0 Å². The molecule has 1 unspecified atom stereocenters. The number of hydrogen-bond acceptors (Lipinski definition) is 3. The molecule has 1 heterocycles. The lowest BCUT2D eigenvalue weighted by Crippen LogP contribution is -2.43. The molecular formula is C12H12N2O4. The predicted octanol–water partition coefficient (Wildman–Crippen LogP) is 0.343. The molecule has 6 nitrogen and oxygen atoms in total. The number of aliphatic hydroxyl groups excluding tert-OH is 1. The summed E-state index contributed by atoms with van der Waals surface area (Å²) in [6.07, 6.45) is 0. The van der Waals surface area contributed by atoms with E-state index in [4.69, 9.17) is 10.2 Å². The molecule has 4 N–H and O–H groups in total. The fourth-order valence-electron chi connectivity index (χ4n) is 1.62. The average Bonchev–Trinajstić information content (AvgIpc) is 2.79. The van der Waals surface area contributed by atoms with Gasteiger partial charge >= 0.3 is 5.97 Å². The first-order valence-corrected chi connectivity index (χ1v) is 5.34. The number of aromatic nitrogens is 1. The zero-order valence-corrected chi connectivity index (χ0v) is 9.38. The molecule has 1 aromatic heterocycles. The fourth-order valence-corrected chi connectivity index (χ4v) is 1.62. The van der Waals surface area contributed by atoms with Crippen molar-refractivity contribution in [3.8, 4) is 0 Å². The van der Waals surface area contributed by atoms with E-state index >= 15 is 0 Å². The van der Waals surface area contributed by atoms with Crippen molar-refractivity contribution in [2.45, 2.75) is 6.04 Å². The molecule has 0 bridgehead atoms. The average molecular weight is 248 g/mol. The van der Waals surface area contributed by atoms with Crippen LogP contribution in [0.1, 0.15) is 10.5 Å². The number of aliphatic hydroxyl groups is 1. The summed E-state index contributed by atoms with van der Waals surface area (Å²) in [4.78, 5) is 25.3. The van der Waals surface area contributed by atoms with Gasteiger partial charge in [0.15, 0.2) is 6.04 Å². The lowest BCUT2D eigenvalue weighted by atomic mass is 10.2. The number of carbonyl (C=O) groups excluding carboxylic acids is 1. The van der Waals surface area contributed by atoms with E-state index in [1.54, 1.807) is 6.07 Å². The molecule has 0 radical (unpaired) electrons. The van der Waals surface area contributed by atoms with E-state index in [1.807, 2.05) is 24.3 Å². The SMILES string of the molecule is O=C(NC(CO)C(=O)O)c1cc2ccccc2[nH]1. The first-order chi connectivity index (χ1) is 8.61. The van der Waals surface area contributed by atoms with Gasteiger partial charge in [-0.05, 0) is 12.1 Å². The van der Waals surface area contributed by atoms with Crippen LogP contribution in [0.5, 0.6) is 0 Å². The number of amides is 1. The van der Waals surface area contributed by atoms with Crippen LogP contribution in [-0.2, 0) is 4.79 Å². The van der Waals surface area contributed by atoms with E-state index in [-0.39, 0.29) is 5.69 Å². The summed E-state index contributed by atoms with van der Waals surface area (Å²) in [5.41, 5.74) is 1.05. The molecule has 1 amide bonds. The molecular weight excluding hydrogens is 236 g/mol. The number of H-pyrrole nitrogens is 1. The van der Waals surface area contributed by atoms with Crippen LogP contribution < -0.4 is 5.32 Å². The Kier molecular flexibility index (Phi) is 3.29. The fraction of sp³-hybridized carbons (Fsp3) is 0.167. The number of benzene rings is 1. The summed E-state index contributed by atoms with van der Waals surface area (Å²) >= 11 is 0. The third-order valence-corrected chi connectivity index (χ3v) is 2.56. The molecule has 1 aromatic carbocycles. The molecule has 1 atom stereocenters. The van der Waals surface area contributed by atoms with Crippen LogP contribution >= 0.6 is 0 Å². The van der Waals surface area contributed by atoms with Crippen molar-refractivity contribution >= 4 is 22.8 Å². The molecule has 6 heteroatoms. The number of carbonyl (C=O) groups is 2. The Morgan fingerprint density at radius 2 is 2.06 bits per heavy atom. The first-order valence-electron chi connectivity index (χ1n) is 5.34. The number of hydrogen-bond donors (Lipinski definition) is 4. The molecule has 0 saturated heterocycles. The molecule has 0 aliphatic rings. The van der Waals surface area contributed by atoms with Crippen molar-refractivity contribution in [1.82, 2.24) is 10.3 Å². The van der Waals surface area contributed by atoms with Gasteiger partial charge < -0.3 is 20.5 Å². The van der Waals surface area contributed by atoms with E-state index in [2.05, 4.69) is 10.3 Å². The third-order valence-electron chi connectivity index (χ3n) is 2.56. The summed E-state index contributed by atoms with van der Waals surface area (Å²) in [7, 11) is 0. The number of para-hydroxylation sites is 1. The molecule has 94 valence electrons. The standard InChI is InChI=1S/C12H12N2O4/c15-6-10(12(17)18)14-11(16)9-5-7-3-1-2-4-8(7)13-9/h1-5,10,13,15H,6H2,(H,14,16)(H,17,18). The molecule has 0 aliphatic heterocycles. The minimum atomic E-state index is -1.30. The van der Waals surface area contributed by atoms with Crippen molar-refractivity contribution in [3.63, 3.8) is 0 Å². The maximum atomic E-state index is 11.8. The Morgan fingerprint density at radius 3 is 2.67 bits per heavy atom. The van der Waals surface area contributed by atoms with E-state index in [9.17, 15) is 9.59 Å². The van der Waals surface area contributed by atoms with Crippen LogP contribution in [0.4, 0.5) is 0 Å². The number of aliphatic carboxylic acids is 1. The second-order valence-corrected chi connectivity index (χ2v) is 3.82. The number of aromatic amines is 1. The smallest absolute Gasteiger partial charge is 0.328 e. The number of carboxylic acids is 1. The van der Waals surface area contributed by atoms with Crippen LogP contribution in [-0.4, -0.2) is 39.7 Å². The van der Waals surface area contributed by atoms with E-state index in [0.29, 0.717) is 0 Å². The van der Waals surface area contributed by atoms with Crippen LogP contribution in [0.25, 0.3) is 10.9 Å². The van der Waals surface area contributed by atoms with Gasteiger partial charge in [0.1, 0.15) is 5.69 Å². The van der Waals surface area contributed by atoms with Gasteiger partial charge in [0, 0.05) is 10.9 Å². The highest BCUT2D eigenvalue weighted by Gasteiger charge is 2.20. The minimum absolute atomic E-state index is 0.260. The highest BCUT2D eigenvalue weighted by atomic mass is 16.4. The zero-order chi connectivity index (χ0) is 13.1. The molecule has 0 aliphatic carbocycles. The second kappa shape index (κ2) is 4.89. The Balaban J connectivity index is 2.20. The van der Waals surface area contributed by atoms with Gasteiger partial charge in [-0.15, -0.1) is 0 Å². The van der Waals surface area contributed by atoms with Gasteiger partial charge in [-0.25, -0.2) is 4.79 Å². The summed E-state index contributed by atoms with van der Waals surface area (Å²) in [5, 5.41) is 20.6. The highest BCUT2D eigenvalue weighted by molar-refractivity contribution is 5.99. The van der Waals surface area contributed by atoms with Gasteiger partial charge in [-0.2, -0.15) is 0 Å². The molecule has 2 rings (SSSR count). The Morgan fingerprint density at radius 1 is 1.33 bits per heavy atom. The van der Waals surface area contributed by atoms with Gasteiger partial charge in [0.05, 0.1) is 6.61 Å². The third kappa shape index (κ3) is 2.33.